The number of hydrogen-bond donors (Lipinski definition) is 1. The van der Waals surface area contributed by atoms with Crippen LogP contribution in [-0.2, 0) is 13.1 Å². The van der Waals surface area contributed by atoms with Crippen LogP contribution in [0.4, 0.5) is 4.39 Å². The summed E-state index contributed by atoms with van der Waals surface area (Å²) in [6.45, 7) is 3.53. The van der Waals surface area contributed by atoms with Gasteiger partial charge in [-0.25, -0.2) is 4.39 Å². The monoisotopic (exact) mass is 307 g/mol. The summed E-state index contributed by atoms with van der Waals surface area (Å²) in [5, 5.41) is 3.31. The number of benzene rings is 2. The highest BCUT2D eigenvalue weighted by Gasteiger charge is 2.00. The lowest BCUT2D eigenvalue weighted by atomic mass is 10.1. The van der Waals surface area contributed by atoms with Crippen molar-refractivity contribution in [3.8, 4) is 0 Å². The van der Waals surface area contributed by atoms with Crippen molar-refractivity contribution >= 4 is 15.9 Å². The summed E-state index contributed by atoms with van der Waals surface area (Å²) in [4.78, 5) is 0. The van der Waals surface area contributed by atoms with Crippen LogP contribution in [0.3, 0.4) is 0 Å². The van der Waals surface area contributed by atoms with E-state index in [0.717, 1.165) is 12.1 Å². The van der Waals surface area contributed by atoms with Crippen LogP contribution in [0.1, 0.15) is 16.7 Å². The molecule has 2 aromatic rings. The van der Waals surface area contributed by atoms with E-state index in [1.165, 1.54) is 11.1 Å². The quantitative estimate of drug-likeness (QED) is 0.893. The highest BCUT2D eigenvalue weighted by atomic mass is 79.9. The lowest BCUT2D eigenvalue weighted by Crippen LogP contribution is -2.12. The van der Waals surface area contributed by atoms with Crippen LogP contribution in [-0.4, -0.2) is 0 Å². The van der Waals surface area contributed by atoms with Crippen molar-refractivity contribution in [3.63, 3.8) is 0 Å². The van der Waals surface area contributed by atoms with Crippen molar-refractivity contribution in [1.82, 2.24) is 5.32 Å². The molecule has 0 aliphatic carbocycles. The molecule has 3 heteroatoms. The summed E-state index contributed by atoms with van der Waals surface area (Å²) >= 11 is 3.15. The molecule has 94 valence electrons. The van der Waals surface area contributed by atoms with Gasteiger partial charge in [0.1, 0.15) is 5.82 Å². The van der Waals surface area contributed by atoms with Gasteiger partial charge in [-0.05, 0) is 46.1 Å². The smallest absolute Gasteiger partial charge is 0.137 e. The number of rotatable bonds is 4. The molecule has 0 aromatic heterocycles. The third-order valence-electron chi connectivity index (χ3n) is 2.72. The van der Waals surface area contributed by atoms with Gasteiger partial charge in [-0.1, -0.05) is 35.9 Å². The average molecular weight is 308 g/mol. The predicted molar refractivity (Wildman–Crippen MR) is 75.8 cm³/mol. The Balaban J connectivity index is 1.90. The van der Waals surface area contributed by atoms with E-state index in [9.17, 15) is 4.39 Å². The normalized spacial score (nSPS) is 10.6. The van der Waals surface area contributed by atoms with E-state index in [-0.39, 0.29) is 5.82 Å². The van der Waals surface area contributed by atoms with Gasteiger partial charge in [-0.3, -0.25) is 0 Å². The Labute approximate surface area is 115 Å². The summed E-state index contributed by atoms with van der Waals surface area (Å²) in [5.41, 5.74) is 3.44. The lowest BCUT2D eigenvalue weighted by Gasteiger charge is -2.06. The van der Waals surface area contributed by atoms with E-state index >= 15 is 0 Å². The van der Waals surface area contributed by atoms with Crippen LogP contribution in [0.25, 0.3) is 0 Å². The van der Waals surface area contributed by atoms with Gasteiger partial charge in [0.25, 0.3) is 0 Å². The molecule has 2 rings (SSSR count). The summed E-state index contributed by atoms with van der Waals surface area (Å²) < 4.78 is 13.8. The van der Waals surface area contributed by atoms with Crippen molar-refractivity contribution in [2.45, 2.75) is 20.0 Å². The van der Waals surface area contributed by atoms with Gasteiger partial charge in [0.05, 0.1) is 4.47 Å². The maximum atomic E-state index is 13.3. The molecule has 1 N–H and O–H groups in total. The van der Waals surface area contributed by atoms with E-state index in [2.05, 4.69) is 46.4 Å². The van der Waals surface area contributed by atoms with E-state index in [1.54, 1.807) is 12.1 Å². The molecule has 0 bridgehead atoms. The molecule has 0 saturated carbocycles. The van der Waals surface area contributed by atoms with Gasteiger partial charge >= 0.3 is 0 Å². The van der Waals surface area contributed by atoms with E-state index in [1.807, 2.05) is 12.1 Å². The van der Waals surface area contributed by atoms with Crippen LogP contribution < -0.4 is 5.32 Å². The Morgan fingerprint density at radius 2 is 1.78 bits per heavy atom. The fourth-order valence-corrected chi connectivity index (χ4v) is 2.07. The zero-order chi connectivity index (χ0) is 13.0. The Morgan fingerprint density at radius 3 is 2.44 bits per heavy atom. The maximum absolute atomic E-state index is 13.3. The highest BCUT2D eigenvalue weighted by molar-refractivity contribution is 9.10. The zero-order valence-electron chi connectivity index (χ0n) is 10.2. The largest absolute Gasteiger partial charge is 0.309 e. The molecule has 2 aromatic carbocycles. The molecule has 18 heavy (non-hydrogen) atoms. The number of aryl methyl sites for hydroxylation is 1. The third kappa shape index (κ3) is 3.65. The second-order valence-electron chi connectivity index (χ2n) is 4.34. The number of nitrogens with one attached hydrogen (secondary N) is 1. The van der Waals surface area contributed by atoms with Crippen LogP contribution in [0, 0.1) is 12.7 Å². The topological polar surface area (TPSA) is 12.0 Å². The highest BCUT2D eigenvalue weighted by Crippen LogP contribution is 2.16. The van der Waals surface area contributed by atoms with E-state index in [0.29, 0.717) is 11.0 Å². The molecule has 0 amide bonds. The molecule has 0 atom stereocenters. The van der Waals surface area contributed by atoms with Crippen molar-refractivity contribution in [2.24, 2.45) is 0 Å². The van der Waals surface area contributed by atoms with Crippen LogP contribution >= 0.6 is 15.9 Å². The molecule has 0 radical (unpaired) electrons. The van der Waals surface area contributed by atoms with Crippen molar-refractivity contribution in [3.05, 3.63) is 69.4 Å². The maximum Gasteiger partial charge on any atom is 0.137 e. The summed E-state index contributed by atoms with van der Waals surface area (Å²) in [7, 11) is 0. The van der Waals surface area contributed by atoms with Gasteiger partial charge in [0.15, 0.2) is 0 Å². The Hall–Kier alpha value is -1.19. The van der Waals surface area contributed by atoms with Gasteiger partial charge in [0.2, 0.25) is 0 Å². The van der Waals surface area contributed by atoms with Gasteiger partial charge in [-0.15, -0.1) is 0 Å². The second-order valence-corrected chi connectivity index (χ2v) is 5.20. The van der Waals surface area contributed by atoms with Gasteiger partial charge in [-0.2, -0.15) is 0 Å². The SMILES string of the molecule is Cc1cccc(CNCc2ccc(Br)c(F)c2)c1. The molecular formula is C15H15BrFN. The minimum Gasteiger partial charge on any atom is -0.309 e. The first-order valence-electron chi connectivity index (χ1n) is 5.85. The van der Waals surface area contributed by atoms with Crippen LogP contribution in [0.2, 0.25) is 0 Å². The van der Waals surface area contributed by atoms with Gasteiger partial charge < -0.3 is 5.32 Å². The Bertz CT molecular complexity index is 540. The fraction of sp³-hybridized carbons (Fsp3) is 0.200. The molecule has 0 unspecified atom stereocenters. The molecule has 0 spiro atoms. The minimum atomic E-state index is -0.218. The van der Waals surface area contributed by atoms with Crippen molar-refractivity contribution < 1.29 is 4.39 Å². The Morgan fingerprint density at radius 1 is 1.06 bits per heavy atom. The summed E-state index contributed by atoms with van der Waals surface area (Å²) in [5.74, 6) is -0.218. The van der Waals surface area contributed by atoms with E-state index < -0.39 is 0 Å². The van der Waals surface area contributed by atoms with Crippen molar-refractivity contribution in [1.29, 1.82) is 0 Å². The van der Waals surface area contributed by atoms with Crippen LogP contribution in [0.15, 0.2) is 46.9 Å². The standard InChI is InChI=1S/C15H15BrFN/c1-11-3-2-4-12(7-11)9-18-10-13-5-6-14(16)15(17)8-13/h2-8,18H,9-10H2,1H3. The first kappa shape index (κ1) is 13.2. The fourth-order valence-electron chi connectivity index (χ4n) is 1.82. The molecule has 0 fully saturated rings. The minimum absolute atomic E-state index is 0.218. The molecule has 1 nitrogen and oxygen atoms in total. The zero-order valence-corrected chi connectivity index (χ0v) is 11.8. The molecule has 0 aliphatic heterocycles. The van der Waals surface area contributed by atoms with Crippen molar-refractivity contribution in [2.75, 3.05) is 0 Å². The number of hydrogen-bond acceptors (Lipinski definition) is 1. The second kappa shape index (κ2) is 6.12. The number of halogens is 2. The summed E-state index contributed by atoms with van der Waals surface area (Å²) in [6, 6.07) is 13.6. The Kier molecular flexibility index (Phi) is 4.50. The first-order chi connectivity index (χ1) is 8.65. The summed E-state index contributed by atoms with van der Waals surface area (Å²) in [6.07, 6.45) is 0. The molecule has 0 heterocycles. The van der Waals surface area contributed by atoms with E-state index in [4.69, 9.17) is 0 Å². The molecular weight excluding hydrogens is 293 g/mol. The molecule has 0 aliphatic rings. The predicted octanol–water partition coefficient (Wildman–Crippen LogP) is 4.19. The lowest BCUT2D eigenvalue weighted by molar-refractivity contribution is 0.614. The third-order valence-corrected chi connectivity index (χ3v) is 3.37. The van der Waals surface area contributed by atoms with Gasteiger partial charge in [0, 0.05) is 13.1 Å². The molecule has 0 saturated heterocycles. The average Bonchev–Trinajstić information content (AvgIpc) is 2.34. The van der Waals surface area contributed by atoms with Crippen LogP contribution in [0.5, 0.6) is 0 Å². The first-order valence-corrected chi connectivity index (χ1v) is 6.64.